The van der Waals surface area contributed by atoms with E-state index < -0.39 is 0 Å². The van der Waals surface area contributed by atoms with Gasteiger partial charge in [-0.05, 0) is 24.6 Å². The number of nitrogens with one attached hydrogen (secondary N) is 1. The van der Waals surface area contributed by atoms with Gasteiger partial charge in [0.15, 0.2) is 0 Å². The number of nitrogens with zero attached hydrogens (tertiary/aromatic N) is 1. The summed E-state index contributed by atoms with van der Waals surface area (Å²) in [6, 6.07) is 0. The summed E-state index contributed by atoms with van der Waals surface area (Å²) in [7, 11) is 3.72. The fourth-order valence-electron chi connectivity index (χ4n) is 1.51. The lowest BCUT2D eigenvalue weighted by Crippen LogP contribution is -2.14. The monoisotopic (exact) mass is 188 g/mol. The molecule has 1 rings (SSSR count). The van der Waals surface area contributed by atoms with Crippen LogP contribution in [0.5, 0.6) is 0 Å². The standard InChI is InChI=1S/C12H16N2/c1-5-6-10-8-11(13-3)7-9(2)12(10)14-4/h5-8,13H,1H2,2-4H3/b10-6-,14-12?. The van der Waals surface area contributed by atoms with Crippen molar-refractivity contribution < 1.29 is 0 Å². The molecule has 0 amide bonds. The summed E-state index contributed by atoms with van der Waals surface area (Å²) in [4.78, 5) is 4.26. The maximum absolute atomic E-state index is 4.26. The Hall–Kier alpha value is -1.57. The van der Waals surface area contributed by atoms with Crippen molar-refractivity contribution in [3.63, 3.8) is 0 Å². The highest BCUT2D eigenvalue weighted by molar-refractivity contribution is 6.15. The zero-order chi connectivity index (χ0) is 10.6. The van der Waals surface area contributed by atoms with E-state index >= 15 is 0 Å². The molecule has 2 heteroatoms. The fourth-order valence-corrected chi connectivity index (χ4v) is 1.51. The van der Waals surface area contributed by atoms with Crippen molar-refractivity contribution in [1.82, 2.24) is 5.32 Å². The molecule has 0 saturated heterocycles. The van der Waals surface area contributed by atoms with Gasteiger partial charge in [0.05, 0.1) is 5.71 Å². The summed E-state index contributed by atoms with van der Waals surface area (Å²) < 4.78 is 0. The molecule has 0 unspecified atom stereocenters. The largest absolute Gasteiger partial charge is 0.388 e. The molecule has 0 aromatic carbocycles. The van der Waals surface area contributed by atoms with Crippen LogP contribution in [-0.4, -0.2) is 19.8 Å². The molecule has 1 aliphatic rings. The van der Waals surface area contributed by atoms with Crippen molar-refractivity contribution in [2.45, 2.75) is 6.92 Å². The number of hydrogen-bond donors (Lipinski definition) is 1. The van der Waals surface area contributed by atoms with E-state index in [1.54, 1.807) is 6.08 Å². The Bertz CT molecular complexity index is 355. The highest BCUT2D eigenvalue weighted by atomic mass is 14.8. The third kappa shape index (κ3) is 2.02. The van der Waals surface area contributed by atoms with E-state index in [1.165, 1.54) is 5.57 Å². The lowest BCUT2D eigenvalue weighted by atomic mass is 9.96. The first kappa shape index (κ1) is 10.5. The molecule has 0 atom stereocenters. The SMILES string of the molecule is C=C/C=C1/C=C(NC)C=C(C)C1=NC. The van der Waals surface area contributed by atoms with Crippen LogP contribution in [0.1, 0.15) is 6.92 Å². The van der Waals surface area contributed by atoms with Crippen LogP contribution in [0.4, 0.5) is 0 Å². The number of hydrogen-bond acceptors (Lipinski definition) is 2. The van der Waals surface area contributed by atoms with Crippen molar-refractivity contribution in [2.24, 2.45) is 4.99 Å². The quantitative estimate of drug-likeness (QED) is 0.706. The van der Waals surface area contributed by atoms with Gasteiger partial charge in [-0.2, -0.15) is 0 Å². The van der Waals surface area contributed by atoms with Crippen molar-refractivity contribution in [2.75, 3.05) is 14.1 Å². The molecule has 1 aliphatic carbocycles. The van der Waals surface area contributed by atoms with Crippen molar-refractivity contribution in [3.8, 4) is 0 Å². The molecule has 0 fully saturated rings. The number of likely N-dealkylation sites (N-methyl/N-ethyl adjacent to an activating group) is 1. The average Bonchev–Trinajstić information content (AvgIpc) is 2.18. The fraction of sp³-hybridized carbons (Fsp3) is 0.250. The Morgan fingerprint density at radius 2 is 2.14 bits per heavy atom. The van der Waals surface area contributed by atoms with Gasteiger partial charge in [0.2, 0.25) is 0 Å². The molecule has 0 radical (unpaired) electrons. The smallest absolute Gasteiger partial charge is 0.0673 e. The van der Waals surface area contributed by atoms with Crippen LogP contribution >= 0.6 is 0 Å². The minimum Gasteiger partial charge on any atom is -0.388 e. The second-order valence-corrected chi connectivity index (χ2v) is 3.11. The van der Waals surface area contributed by atoms with Gasteiger partial charge in [-0.1, -0.05) is 18.7 Å². The zero-order valence-electron chi connectivity index (χ0n) is 8.96. The Kier molecular flexibility index (Phi) is 3.46. The first-order chi connectivity index (χ1) is 6.72. The van der Waals surface area contributed by atoms with Crippen LogP contribution in [0.25, 0.3) is 0 Å². The van der Waals surface area contributed by atoms with E-state index in [0.717, 1.165) is 17.0 Å². The third-order valence-electron chi connectivity index (χ3n) is 2.14. The summed E-state index contributed by atoms with van der Waals surface area (Å²) in [6.45, 7) is 5.76. The minimum atomic E-state index is 1.03. The van der Waals surface area contributed by atoms with Crippen LogP contribution in [0, 0.1) is 0 Å². The number of aliphatic imine (C=N–C) groups is 1. The van der Waals surface area contributed by atoms with Gasteiger partial charge < -0.3 is 5.32 Å². The van der Waals surface area contributed by atoms with Crippen molar-refractivity contribution in [3.05, 3.63) is 47.7 Å². The summed E-state index contributed by atoms with van der Waals surface area (Å²) in [6.07, 6.45) is 7.90. The predicted molar refractivity (Wildman–Crippen MR) is 62.5 cm³/mol. The topological polar surface area (TPSA) is 24.4 Å². The van der Waals surface area contributed by atoms with Crippen molar-refractivity contribution >= 4 is 5.71 Å². The molecule has 0 saturated carbocycles. The van der Waals surface area contributed by atoms with E-state index in [4.69, 9.17) is 0 Å². The minimum absolute atomic E-state index is 1.03. The number of rotatable bonds is 2. The predicted octanol–water partition coefficient (Wildman–Crippen LogP) is 2.23. The van der Waals surface area contributed by atoms with Crippen molar-refractivity contribution in [1.29, 1.82) is 0 Å². The van der Waals surface area contributed by atoms with Crippen LogP contribution in [0.15, 0.2) is 52.7 Å². The normalized spacial score (nSPS) is 21.9. The van der Waals surface area contributed by atoms with Crippen LogP contribution < -0.4 is 5.32 Å². The first-order valence-electron chi connectivity index (χ1n) is 4.61. The van der Waals surface area contributed by atoms with Gasteiger partial charge >= 0.3 is 0 Å². The molecule has 0 heterocycles. The zero-order valence-corrected chi connectivity index (χ0v) is 8.96. The summed E-state index contributed by atoms with van der Waals surface area (Å²) in [5.41, 5.74) is 4.41. The van der Waals surface area contributed by atoms with Gasteiger partial charge in [0.25, 0.3) is 0 Å². The second kappa shape index (κ2) is 4.61. The van der Waals surface area contributed by atoms with Gasteiger partial charge in [0.1, 0.15) is 0 Å². The van der Waals surface area contributed by atoms with Crippen LogP contribution in [-0.2, 0) is 0 Å². The molecule has 0 aromatic heterocycles. The van der Waals surface area contributed by atoms with E-state index in [9.17, 15) is 0 Å². The van der Waals surface area contributed by atoms with E-state index in [0.29, 0.717) is 0 Å². The molecule has 0 spiro atoms. The van der Waals surface area contributed by atoms with Gasteiger partial charge in [-0.15, -0.1) is 0 Å². The molecule has 2 nitrogen and oxygen atoms in total. The molecule has 14 heavy (non-hydrogen) atoms. The Balaban J connectivity index is 3.18. The average molecular weight is 188 g/mol. The van der Waals surface area contributed by atoms with Crippen LogP contribution in [0.2, 0.25) is 0 Å². The Morgan fingerprint density at radius 1 is 1.43 bits per heavy atom. The molecular weight excluding hydrogens is 172 g/mol. The number of allylic oxidation sites excluding steroid dienone is 6. The summed E-state index contributed by atoms with van der Waals surface area (Å²) in [5, 5.41) is 3.12. The lowest BCUT2D eigenvalue weighted by molar-refractivity contribution is 1.02. The maximum atomic E-state index is 4.26. The third-order valence-corrected chi connectivity index (χ3v) is 2.14. The molecular formula is C12H16N2. The Labute approximate surface area is 85.4 Å². The lowest BCUT2D eigenvalue weighted by Gasteiger charge is -2.15. The van der Waals surface area contributed by atoms with Gasteiger partial charge in [0, 0.05) is 25.4 Å². The maximum Gasteiger partial charge on any atom is 0.0673 e. The van der Waals surface area contributed by atoms with E-state index in [1.807, 2.05) is 20.2 Å². The molecule has 0 bridgehead atoms. The summed E-state index contributed by atoms with van der Waals surface area (Å²) in [5.74, 6) is 0. The molecule has 74 valence electrons. The van der Waals surface area contributed by atoms with Crippen LogP contribution in [0.3, 0.4) is 0 Å². The Morgan fingerprint density at radius 3 is 2.64 bits per heavy atom. The van der Waals surface area contributed by atoms with E-state index in [2.05, 4.69) is 36.0 Å². The molecule has 0 aliphatic heterocycles. The first-order valence-corrected chi connectivity index (χ1v) is 4.61. The molecule has 0 aromatic rings. The highest BCUT2D eigenvalue weighted by Gasteiger charge is 2.11. The molecule has 1 N–H and O–H groups in total. The second-order valence-electron chi connectivity index (χ2n) is 3.11. The van der Waals surface area contributed by atoms with E-state index in [-0.39, 0.29) is 0 Å². The van der Waals surface area contributed by atoms with Gasteiger partial charge in [-0.25, -0.2) is 0 Å². The van der Waals surface area contributed by atoms with Gasteiger partial charge in [-0.3, -0.25) is 4.99 Å². The summed E-state index contributed by atoms with van der Waals surface area (Å²) >= 11 is 0. The highest BCUT2D eigenvalue weighted by Crippen LogP contribution is 2.18.